The van der Waals surface area contributed by atoms with Gasteiger partial charge in [0.2, 0.25) is 0 Å². The van der Waals surface area contributed by atoms with E-state index in [0.717, 1.165) is 5.69 Å². The predicted molar refractivity (Wildman–Crippen MR) is 68.6 cm³/mol. The lowest BCUT2D eigenvalue weighted by Gasteiger charge is -2.09. The molecule has 0 aromatic carbocycles. The Labute approximate surface area is 111 Å². The summed E-state index contributed by atoms with van der Waals surface area (Å²) in [7, 11) is 1.56. The van der Waals surface area contributed by atoms with Crippen LogP contribution in [0, 0.1) is 0 Å². The third-order valence-electron chi connectivity index (χ3n) is 2.22. The molecule has 0 unspecified atom stereocenters. The van der Waals surface area contributed by atoms with Crippen LogP contribution in [0.5, 0.6) is 0 Å². The number of ether oxygens (including phenoxy) is 1. The number of carbonyl (C=O) groups is 1. The van der Waals surface area contributed by atoms with Crippen LogP contribution in [0.25, 0.3) is 0 Å². The Morgan fingerprint density at radius 2 is 2.17 bits per heavy atom. The summed E-state index contributed by atoms with van der Waals surface area (Å²) in [5, 5.41) is 0.295. The van der Waals surface area contributed by atoms with E-state index in [4.69, 9.17) is 21.2 Å². The topological polar surface area (TPSA) is 60.5 Å². The molecule has 6 heteroatoms. The molecule has 0 bridgehead atoms. The number of hydrogen-bond donors (Lipinski definition) is 1. The van der Waals surface area contributed by atoms with Gasteiger partial charge in [-0.05, 0) is 18.1 Å². The van der Waals surface area contributed by atoms with E-state index in [1.165, 1.54) is 6.07 Å². The van der Waals surface area contributed by atoms with Crippen molar-refractivity contribution in [2.24, 2.45) is 0 Å². The average Bonchev–Trinajstić information content (AvgIpc) is 2.33. The summed E-state index contributed by atoms with van der Waals surface area (Å²) in [6.45, 7) is 4.66. The number of carbonyl (C=O) groups excluding carboxylic acids is 1. The standard InChI is InChI=1S/C12H17ClN2O3/c1-8(2)10-6-9(7-11(13)14-10)12(16)15-18-5-4-17-3/h6-8H,4-5H2,1-3H3,(H,15,16). The van der Waals surface area contributed by atoms with Crippen LogP contribution < -0.4 is 5.48 Å². The average molecular weight is 273 g/mol. The Bertz CT molecular complexity index is 410. The number of hydrogen-bond acceptors (Lipinski definition) is 4. The van der Waals surface area contributed by atoms with Crippen molar-refractivity contribution < 1.29 is 14.4 Å². The van der Waals surface area contributed by atoms with Gasteiger partial charge in [0, 0.05) is 18.4 Å². The van der Waals surface area contributed by atoms with Gasteiger partial charge in [0.15, 0.2) is 0 Å². The van der Waals surface area contributed by atoms with E-state index in [9.17, 15) is 4.79 Å². The summed E-state index contributed by atoms with van der Waals surface area (Å²) in [6.07, 6.45) is 0. The number of pyridine rings is 1. The number of nitrogens with one attached hydrogen (secondary N) is 1. The van der Waals surface area contributed by atoms with Crippen molar-refractivity contribution in [1.82, 2.24) is 10.5 Å². The highest BCUT2D eigenvalue weighted by Gasteiger charge is 2.11. The first-order valence-electron chi connectivity index (χ1n) is 5.63. The molecule has 0 saturated heterocycles. The van der Waals surface area contributed by atoms with E-state index in [2.05, 4.69) is 10.5 Å². The zero-order chi connectivity index (χ0) is 13.5. The Balaban J connectivity index is 2.67. The lowest BCUT2D eigenvalue weighted by molar-refractivity contribution is 0.00887. The van der Waals surface area contributed by atoms with E-state index in [0.29, 0.717) is 17.3 Å². The van der Waals surface area contributed by atoms with Gasteiger partial charge in [0.25, 0.3) is 5.91 Å². The third kappa shape index (κ3) is 4.60. The van der Waals surface area contributed by atoms with E-state index in [1.54, 1.807) is 13.2 Å². The van der Waals surface area contributed by atoms with Gasteiger partial charge in [-0.3, -0.25) is 9.63 Å². The van der Waals surface area contributed by atoms with Crippen LogP contribution in [0.3, 0.4) is 0 Å². The number of aromatic nitrogens is 1. The van der Waals surface area contributed by atoms with Crippen molar-refractivity contribution in [3.05, 3.63) is 28.5 Å². The van der Waals surface area contributed by atoms with Crippen LogP contribution in [0.1, 0.15) is 35.8 Å². The summed E-state index contributed by atoms with van der Waals surface area (Å²) >= 11 is 5.87. The van der Waals surface area contributed by atoms with Crippen LogP contribution in [-0.4, -0.2) is 31.2 Å². The molecular formula is C12H17ClN2O3. The molecule has 1 aromatic heterocycles. The SMILES string of the molecule is COCCONC(=O)c1cc(Cl)nc(C(C)C)c1. The first kappa shape index (κ1) is 14.9. The summed E-state index contributed by atoms with van der Waals surface area (Å²) in [5.41, 5.74) is 3.52. The molecule has 0 aliphatic heterocycles. The van der Waals surface area contributed by atoms with Crippen LogP contribution in [0.4, 0.5) is 0 Å². The fourth-order valence-electron chi connectivity index (χ4n) is 1.24. The van der Waals surface area contributed by atoms with Gasteiger partial charge in [0.05, 0.1) is 13.2 Å². The molecule has 0 atom stereocenters. The Hall–Kier alpha value is -1.17. The lowest BCUT2D eigenvalue weighted by atomic mass is 10.1. The van der Waals surface area contributed by atoms with Gasteiger partial charge >= 0.3 is 0 Å². The summed E-state index contributed by atoms with van der Waals surface area (Å²) in [6, 6.07) is 3.20. The van der Waals surface area contributed by atoms with Crippen molar-refractivity contribution in [1.29, 1.82) is 0 Å². The molecule has 0 spiro atoms. The third-order valence-corrected chi connectivity index (χ3v) is 2.42. The van der Waals surface area contributed by atoms with Crippen LogP contribution in [0.15, 0.2) is 12.1 Å². The molecule has 0 fully saturated rings. The second kappa shape index (κ2) is 7.31. The van der Waals surface area contributed by atoms with Gasteiger partial charge in [-0.1, -0.05) is 25.4 Å². The highest BCUT2D eigenvalue weighted by atomic mass is 35.5. The number of amides is 1. The van der Waals surface area contributed by atoms with Crippen molar-refractivity contribution in [2.45, 2.75) is 19.8 Å². The number of rotatable bonds is 6. The predicted octanol–water partition coefficient (Wildman–Crippen LogP) is 2.17. The van der Waals surface area contributed by atoms with Crippen molar-refractivity contribution in [3.63, 3.8) is 0 Å². The number of hydroxylamine groups is 1. The Morgan fingerprint density at radius 3 is 2.78 bits per heavy atom. The lowest BCUT2D eigenvalue weighted by Crippen LogP contribution is -2.25. The molecule has 1 rings (SSSR count). The van der Waals surface area contributed by atoms with E-state index in [-0.39, 0.29) is 18.4 Å². The maximum Gasteiger partial charge on any atom is 0.275 e. The van der Waals surface area contributed by atoms with Crippen molar-refractivity contribution in [2.75, 3.05) is 20.3 Å². The second-order valence-corrected chi connectivity index (χ2v) is 4.42. The summed E-state index contributed by atoms with van der Waals surface area (Å²) in [5.74, 6) is -0.151. The second-order valence-electron chi connectivity index (χ2n) is 4.03. The molecule has 1 aromatic rings. The quantitative estimate of drug-likeness (QED) is 0.490. The zero-order valence-corrected chi connectivity index (χ0v) is 11.5. The first-order valence-corrected chi connectivity index (χ1v) is 6.01. The maximum atomic E-state index is 11.8. The molecule has 1 heterocycles. The molecule has 18 heavy (non-hydrogen) atoms. The van der Waals surface area contributed by atoms with Gasteiger partial charge < -0.3 is 4.74 Å². The molecule has 0 aliphatic rings. The minimum Gasteiger partial charge on any atom is -0.382 e. The van der Waals surface area contributed by atoms with E-state index >= 15 is 0 Å². The van der Waals surface area contributed by atoms with Crippen LogP contribution in [0.2, 0.25) is 5.15 Å². The first-order chi connectivity index (χ1) is 8.54. The number of nitrogens with zero attached hydrogens (tertiary/aromatic N) is 1. The fourth-order valence-corrected chi connectivity index (χ4v) is 1.46. The zero-order valence-electron chi connectivity index (χ0n) is 10.7. The smallest absolute Gasteiger partial charge is 0.275 e. The normalized spacial score (nSPS) is 10.7. The molecule has 5 nitrogen and oxygen atoms in total. The van der Waals surface area contributed by atoms with E-state index < -0.39 is 0 Å². The minimum atomic E-state index is -0.350. The van der Waals surface area contributed by atoms with Gasteiger partial charge in [-0.2, -0.15) is 0 Å². The van der Waals surface area contributed by atoms with Crippen molar-refractivity contribution >= 4 is 17.5 Å². The number of methoxy groups -OCH3 is 1. The largest absolute Gasteiger partial charge is 0.382 e. The molecule has 0 aliphatic carbocycles. The van der Waals surface area contributed by atoms with Crippen molar-refractivity contribution in [3.8, 4) is 0 Å². The Kier molecular flexibility index (Phi) is 6.04. The molecule has 100 valence electrons. The molecule has 0 saturated carbocycles. The molecule has 0 radical (unpaired) electrons. The van der Waals surface area contributed by atoms with Gasteiger partial charge in [-0.25, -0.2) is 10.5 Å². The van der Waals surface area contributed by atoms with Gasteiger partial charge in [0.1, 0.15) is 5.15 Å². The summed E-state index contributed by atoms with van der Waals surface area (Å²) in [4.78, 5) is 20.9. The fraction of sp³-hybridized carbons (Fsp3) is 0.500. The molecule has 1 N–H and O–H groups in total. The highest BCUT2D eigenvalue weighted by molar-refractivity contribution is 6.29. The summed E-state index contributed by atoms with van der Waals surface area (Å²) < 4.78 is 4.79. The van der Waals surface area contributed by atoms with Crippen LogP contribution >= 0.6 is 11.6 Å². The molecule has 1 amide bonds. The minimum absolute atomic E-state index is 0.199. The van der Waals surface area contributed by atoms with Gasteiger partial charge in [-0.15, -0.1) is 0 Å². The van der Waals surface area contributed by atoms with E-state index in [1.807, 2.05) is 13.8 Å². The molecular weight excluding hydrogens is 256 g/mol. The number of halogens is 1. The highest BCUT2D eigenvalue weighted by Crippen LogP contribution is 2.17. The monoisotopic (exact) mass is 272 g/mol. The maximum absolute atomic E-state index is 11.8. The Morgan fingerprint density at radius 1 is 1.44 bits per heavy atom. The van der Waals surface area contributed by atoms with Crippen LogP contribution in [-0.2, 0) is 9.57 Å².